The number of thiophene rings is 1. The first-order chi connectivity index (χ1) is 29.0. The van der Waals surface area contributed by atoms with Crippen molar-refractivity contribution in [2.45, 2.75) is 95.4 Å². The summed E-state index contributed by atoms with van der Waals surface area (Å²) in [5, 5.41) is 6.39. The van der Waals surface area contributed by atoms with Crippen LogP contribution in [0.5, 0.6) is 11.6 Å². The quantitative estimate of drug-likeness (QED) is 0.0991. The van der Waals surface area contributed by atoms with E-state index in [0.29, 0.717) is 40.3 Å². The zero-order chi connectivity index (χ0) is 43.4. The van der Waals surface area contributed by atoms with E-state index in [4.69, 9.17) is 19.4 Å². The lowest BCUT2D eigenvalue weighted by Crippen LogP contribution is -2.58. The molecular weight excluding hydrogens is 820 g/mol. The Labute approximate surface area is 358 Å². The van der Waals surface area contributed by atoms with Gasteiger partial charge in [-0.25, -0.2) is 17.8 Å². The van der Waals surface area contributed by atoms with Crippen molar-refractivity contribution in [3.05, 3.63) is 91.3 Å². The van der Waals surface area contributed by atoms with E-state index >= 15 is 0 Å². The SMILES string of the molecule is C=C[C@@H]1C[C@]1(NC(=O)[C@@H]1C[C@@H](Oc2nc(-c3ccc(OC(C)C)cc3)nc3c2sc2ccccc23)CN1C(=O)[C@@H](Nc1ccc(F)cc1)C(C)(C)C)C(=O)NS(=O)(=O)C1CC1. The van der Waals surface area contributed by atoms with Crippen LogP contribution in [0.4, 0.5) is 10.1 Å². The van der Waals surface area contributed by atoms with Crippen LogP contribution in [0.1, 0.15) is 60.3 Å². The Kier molecular flexibility index (Phi) is 11.1. The van der Waals surface area contributed by atoms with E-state index < -0.39 is 73.9 Å². The molecule has 2 aliphatic carbocycles. The number of carbonyl (C=O) groups excluding carboxylic acids is 3. The van der Waals surface area contributed by atoms with Gasteiger partial charge < -0.3 is 25.0 Å². The third-order valence-electron chi connectivity index (χ3n) is 11.3. The molecule has 13 nitrogen and oxygen atoms in total. The molecule has 320 valence electrons. The van der Waals surface area contributed by atoms with E-state index in [0.717, 1.165) is 15.6 Å². The second kappa shape index (κ2) is 16.0. The van der Waals surface area contributed by atoms with Crippen LogP contribution in [0.25, 0.3) is 31.7 Å². The van der Waals surface area contributed by atoms with Crippen molar-refractivity contribution < 1.29 is 36.7 Å². The molecule has 0 radical (unpaired) electrons. The molecule has 0 unspecified atom stereocenters. The van der Waals surface area contributed by atoms with E-state index in [1.54, 1.807) is 0 Å². The molecule has 1 aliphatic heterocycles. The lowest BCUT2D eigenvalue weighted by Gasteiger charge is -2.36. The standard InChI is InChI=1S/C45H49FN6O7S2/c1-7-27-23-45(27,43(55)51-61(56,57)32-20-21-32)50-40(53)34-22-31(24-52(34)42(54)38(44(4,5)6)47-29-16-14-28(46)15-17-29)59-41-37-36(33-10-8-9-11-35(33)60-37)48-39(49-41)26-12-18-30(19-13-26)58-25(2)3/h7-19,25,27,31-32,34,38,47H,1,20-24H2,2-6H3,(H,50,53)(H,51,55)/t27-,31-,34+,38-,45-/m1/s1. The fraction of sp³-hybridized carbons (Fsp3) is 0.400. The van der Waals surface area contributed by atoms with Gasteiger partial charge in [0.15, 0.2) is 5.82 Å². The largest absolute Gasteiger partial charge is 0.491 e. The molecule has 2 saturated carbocycles. The second-order valence-corrected chi connectivity index (χ2v) is 20.4. The minimum absolute atomic E-state index is 0.00407. The molecule has 3 amide bonds. The molecule has 0 spiro atoms. The highest BCUT2D eigenvalue weighted by Crippen LogP contribution is 2.46. The van der Waals surface area contributed by atoms with Crippen LogP contribution in [-0.2, 0) is 24.4 Å². The Bertz CT molecular complexity index is 2630. The molecule has 5 atom stereocenters. The molecule has 61 heavy (non-hydrogen) atoms. The van der Waals surface area contributed by atoms with Crippen molar-refractivity contribution in [2.75, 3.05) is 11.9 Å². The summed E-state index contributed by atoms with van der Waals surface area (Å²) in [7, 11) is -3.92. The smallest absolute Gasteiger partial charge is 0.259 e. The highest BCUT2D eigenvalue weighted by molar-refractivity contribution is 7.91. The van der Waals surface area contributed by atoms with Gasteiger partial charge in [0.05, 0.1) is 23.4 Å². The van der Waals surface area contributed by atoms with Crippen LogP contribution in [0, 0.1) is 17.2 Å². The van der Waals surface area contributed by atoms with E-state index in [2.05, 4.69) is 21.9 Å². The molecule has 1 saturated heterocycles. The van der Waals surface area contributed by atoms with Gasteiger partial charge >= 0.3 is 0 Å². The molecular formula is C45H49FN6O7S2. The normalized spacial score (nSPS) is 21.9. The number of halogens is 1. The number of anilines is 1. The second-order valence-electron chi connectivity index (χ2n) is 17.4. The van der Waals surface area contributed by atoms with E-state index in [-0.39, 0.29) is 31.4 Å². The van der Waals surface area contributed by atoms with Crippen LogP contribution in [0.2, 0.25) is 0 Å². The van der Waals surface area contributed by atoms with E-state index in [1.807, 2.05) is 83.1 Å². The van der Waals surface area contributed by atoms with Gasteiger partial charge in [-0.3, -0.25) is 19.1 Å². The molecule has 3 aromatic carbocycles. The molecule has 3 heterocycles. The van der Waals surface area contributed by atoms with Crippen molar-refractivity contribution in [1.29, 1.82) is 0 Å². The topological polar surface area (TPSA) is 169 Å². The highest BCUT2D eigenvalue weighted by Gasteiger charge is 2.62. The van der Waals surface area contributed by atoms with Crippen LogP contribution in [-0.4, -0.2) is 82.6 Å². The molecule has 16 heteroatoms. The molecule has 3 N–H and O–H groups in total. The Morgan fingerprint density at radius 3 is 2.36 bits per heavy atom. The van der Waals surface area contributed by atoms with Gasteiger partial charge in [-0.05, 0) is 93.1 Å². The average Bonchev–Trinajstić information content (AvgIpc) is 4.12. The summed E-state index contributed by atoms with van der Waals surface area (Å²) in [5.74, 6) is -1.46. The van der Waals surface area contributed by atoms with E-state index in [9.17, 15) is 27.2 Å². The molecule has 0 bridgehead atoms. The Morgan fingerprint density at radius 2 is 1.72 bits per heavy atom. The number of likely N-dealkylation sites (tertiary alicyclic amines) is 1. The highest BCUT2D eigenvalue weighted by atomic mass is 32.2. The van der Waals surface area contributed by atoms with Crippen molar-refractivity contribution in [3.8, 4) is 23.0 Å². The number of nitrogens with zero attached hydrogens (tertiary/aromatic N) is 3. The maximum atomic E-state index is 14.9. The minimum Gasteiger partial charge on any atom is -0.491 e. The zero-order valence-electron chi connectivity index (χ0n) is 34.6. The zero-order valence-corrected chi connectivity index (χ0v) is 36.2. The number of amides is 3. The number of hydrogen-bond donors (Lipinski definition) is 3. The minimum atomic E-state index is -3.92. The first-order valence-electron chi connectivity index (χ1n) is 20.4. The molecule has 3 aliphatic rings. The van der Waals surface area contributed by atoms with Crippen LogP contribution in [0.3, 0.4) is 0 Å². The predicted octanol–water partition coefficient (Wildman–Crippen LogP) is 6.98. The molecule has 8 rings (SSSR count). The molecule has 2 aromatic heterocycles. The number of ether oxygens (including phenoxy) is 2. The predicted molar refractivity (Wildman–Crippen MR) is 233 cm³/mol. The van der Waals surface area contributed by atoms with Gasteiger partial charge in [-0.2, -0.15) is 4.98 Å². The lowest BCUT2D eigenvalue weighted by atomic mass is 9.85. The summed E-state index contributed by atoms with van der Waals surface area (Å²) in [4.78, 5) is 54.5. The summed E-state index contributed by atoms with van der Waals surface area (Å²) in [6, 6.07) is 19.0. The van der Waals surface area contributed by atoms with Gasteiger partial charge in [0.2, 0.25) is 27.7 Å². The third kappa shape index (κ3) is 8.65. The number of carbonyl (C=O) groups is 3. The van der Waals surface area contributed by atoms with Crippen molar-refractivity contribution in [2.24, 2.45) is 11.3 Å². The summed E-state index contributed by atoms with van der Waals surface area (Å²) in [6.45, 7) is 13.3. The van der Waals surface area contributed by atoms with Crippen LogP contribution < -0.4 is 24.8 Å². The number of benzene rings is 3. The van der Waals surface area contributed by atoms with Gasteiger partial charge in [-0.15, -0.1) is 17.9 Å². The first-order valence-corrected chi connectivity index (χ1v) is 22.8. The number of rotatable bonds is 14. The maximum Gasteiger partial charge on any atom is 0.259 e. The number of nitrogens with one attached hydrogen (secondary N) is 3. The summed E-state index contributed by atoms with van der Waals surface area (Å²) in [5.41, 5.74) is -0.337. The van der Waals surface area contributed by atoms with E-state index in [1.165, 1.54) is 46.6 Å². The van der Waals surface area contributed by atoms with Crippen LogP contribution >= 0.6 is 11.3 Å². The fourth-order valence-corrected chi connectivity index (χ4v) is 10.2. The number of sulfonamides is 1. The van der Waals surface area contributed by atoms with Crippen molar-refractivity contribution >= 4 is 65.1 Å². The lowest BCUT2D eigenvalue weighted by molar-refractivity contribution is -0.141. The van der Waals surface area contributed by atoms with Gasteiger partial charge in [-0.1, -0.05) is 45.0 Å². The maximum absolute atomic E-state index is 14.9. The Balaban J connectivity index is 1.14. The third-order valence-corrected chi connectivity index (χ3v) is 14.3. The number of fused-ring (bicyclic) bond motifs is 3. The summed E-state index contributed by atoms with van der Waals surface area (Å²) in [6.07, 6.45) is 1.83. The Hall–Kier alpha value is -5.61. The van der Waals surface area contributed by atoms with Gasteiger partial charge in [0.25, 0.3) is 5.91 Å². The van der Waals surface area contributed by atoms with Gasteiger partial charge in [0, 0.05) is 33.7 Å². The van der Waals surface area contributed by atoms with Gasteiger partial charge in [0.1, 0.15) is 40.0 Å². The van der Waals surface area contributed by atoms with Crippen molar-refractivity contribution in [3.63, 3.8) is 0 Å². The summed E-state index contributed by atoms with van der Waals surface area (Å²) >= 11 is 1.47. The summed E-state index contributed by atoms with van der Waals surface area (Å²) < 4.78 is 56.1. The average molecular weight is 869 g/mol. The molecule has 3 fully saturated rings. The fourth-order valence-electron chi connectivity index (χ4n) is 7.81. The van der Waals surface area contributed by atoms with Crippen molar-refractivity contribution in [1.82, 2.24) is 24.9 Å². The Morgan fingerprint density at radius 1 is 1.02 bits per heavy atom. The first kappa shape index (κ1) is 42.1. The van der Waals surface area contributed by atoms with Crippen LogP contribution in [0.15, 0.2) is 85.5 Å². The monoisotopic (exact) mass is 868 g/mol. The molecule has 5 aromatic rings. The number of hydrogen-bond acceptors (Lipinski definition) is 11. The number of aromatic nitrogens is 2.